The lowest BCUT2D eigenvalue weighted by atomic mass is 9.91. The summed E-state index contributed by atoms with van der Waals surface area (Å²) in [6, 6.07) is 17.0. The van der Waals surface area contributed by atoms with Gasteiger partial charge in [-0.05, 0) is 54.2 Å². The van der Waals surface area contributed by atoms with E-state index >= 15 is 0 Å². The lowest BCUT2D eigenvalue weighted by Gasteiger charge is -2.14. The van der Waals surface area contributed by atoms with E-state index in [9.17, 15) is 0 Å². The summed E-state index contributed by atoms with van der Waals surface area (Å²) in [6.45, 7) is 6.57. The maximum absolute atomic E-state index is 5.79. The Hall–Kier alpha value is -2.02. The molecule has 0 spiro atoms. The molecule has 0 amide bonds. The summed E-state index contributed by atoms with van der Waals surface area (Å²) >= 11 is 0. The van der Waals surface area contributed by atoms with Crippen LogP contribution in [-0.2, 0) is 0 Å². The van der Waals surface area contributed by atoms with Gasteiger partial charge in [-0.2, -0.15) is 0 Å². The maximum atomic E-state index is 5.79. The molecule has 2 rings (SSSR count). The molecule has 0 aliphatic heterocycles. The van der Waals surface area contributed by atoms with Gasteiger partial charge in [0, 0.05) is 5.69 Å². The van der Waals surface area contributed by atoms with Gasteiger partial charge in [-0.3, -0.25) is 0 Å². The average molecular weight is 265 g/mol. The zero-order valence-corrected chi connectivity index (χ0v) is 12.6. The van der Waals surface area contributed by atoms with Gasteiger partial charge in [0.2, 0.25) is 0 Å². The van der Waals surface area contributed by atoms with Crippen molar-refractivity contribution in [2.45, 2.75) is 33.6 Å². The molecule has 1 heteroatoms. The molecule has 0 aromatic heterocycles. The fraction of sp³-hybridized carbons (Fsp3) is 0.263. The number of hydrogen-bond donors (Lipinski definition) is 1. The summed E-state index contributed by atoms with van der Waals surface area (Å²) < 4.78 is 0. The second-order valence-corrected chi connectivity index (χ2v) is 5.15. The number of allylic oxidation sites excluding steroid dienone is 2. The summed E-state index contributed by atoms with van der Waals surface area (Å²) in [5.74, 6) is 0. The molecule has 0 unspecified atom stereocenters. The molecule has 20 heavy (non-hydrogen) atoms. The van der Waals surface area contributed by atoms with Gasteiger partial charge in [-0.25, -0.2) is 0 Å². The molecule has 2 aromatic carbocycles. The van der Waals surface area contributed by atoms with Gasteiger partial charge >= 0.3 is 0 Å². The van der Waals surface area contributed by atoms with Crippen molar-refractivity contribution in [1.82, 2.24) is 0 Å². The predicted molar refractivity (Wildman–Crippen MR) is 89.4 cm³/mol. The predicted octanol–water partition coefficient (Wildman–Crippen LogP) is 5.31. The second kappa shape index (κ2) is 6.42. The van der Waals surface area contributed by atoms with Crippen molar-refractivity contribution < 1.29 is 0 Å². The molecule has 0 fully saturated rings. The summed E-state index contributed by atoms with van der Waals surface area (Å²) in [5.41, 5.74) is 13.4. The molecular weight excluding hydrogens is 242 g/mol. The Morgan fingerprint density at radius 2 is 1.15 bits per heavy atom. The second-order valence-electron chi connectivity index (χ2n) is 5.15. The highest BCUT2D eigenvalue weighted by Gasteiger charge is 2.08. The van der Waals surface area contributed by atoms with Crippen molar-refractivity contribution in [2.75, 3.05) is 5.73 Å². The number of nitrogens with two attached hydrogens (primary N) is 1. The number of aryl methyl sites for hydroxylation is 1. The fourth-order valence-electron chi connectivity index (χ4n) is 2.62. The average Bonchev–Trinajstić information content (AvgIpc) is 2.47. The first-order valence-electron chi connectivity index (χ1n) is 7.30. The van der Waals surface area contributed by atoms with E-state index in [0.29, 0.717) is 0 Å². The van der Waals surface area contributed by atoms with E-state index in [1.54, 1.807) is 0 Å². The third kappa shape index (κ3) is 3.11. The highest BCUT2D eigenvalue weighted by molar-refractivity contribution is 5.90. The summed E-state index contributed by atoms with van der Waals surface area (Å²) in [7, 11) is 0. The normalized spacial score (nSPS) is 12.2. The number of hydrogen-bond acceptors (Lipinski definition) is 1. The Labute approximate surface area is 122 Å². The molecule has 0 aliphatic carbocycles. The van der Waals surface area contributed by atoms with Crippen molar-refractivity contribution in [3.8, 4) is 0 Å². The molecule has 0 radical (unpaired) electrons. The zero-order valence-electron chi connectivity index (χ0n) is 12.6. The summed E-state index contributed by atoms with van der Waals surface area (Å²) in [6.07, 6.45) is 2.07. The Morgan fingerprint density at radius 1 is 0.750 bits per heavy atom. The van der Waals surface area contributed by atoms with E-state index < -0.39 is 0 Å². The van der Waals surface area contributed by atoms with Gasteiger partial charge in [0.25, 0.3) is 0 Å². The van der Waals surface area contributed by atoms with Crippen LogP contribution in [0.1, 0.15) is 43.4 Å². The smallest absolute Gasteiger partial charge is 0.0314 e. The number of anilines is 1. The number of benzene rings is 2. The van der Waals surface area contributed by atoms with Crippen molar-refractivity contribution in [1.29, 1.82) is 0 Å². The van der Waals surface area contributed by atoms with Crippen LogP contribution in [0, 0.1) is 6.92 Å². The van der Waals surface area contributed by atoms with E-state index in [1.165, 1.54) is 27.8 Å². The molecular formula is C19H23N. The van der Waals surface area contributed by atoms with Gasteiger partial charge < -0.3 is 5.73 Å². The highest BCUT2D eigenvalue weighted by Crippen LogP contribution is 2.31. The SMILES string of the molecule is CC/C(=C(/CC)c1ccc(N)cc1)c1ccc(C)cc1. The van der Waals surface area contributed by atoms with Crippen LogP contribution in [0.15, 0.2) is 48.5 Å². The van der Waals surface area contributed by atoms with Crippen molar-refractivity contribution in [3.63, 3.8) is 0 Å². The number of rotatable bonds is 4. The molecule has 2 N–H and O–H groups in total. The Balaban J connectivity index is 2.52. The maximum Gasteiger partial charge on any atom is 0.0314 e. The molecule has 0 saturated carbocycles. The van der Waals surface area contributed by atoms with Gasteiger partial charge in [0.1, 0.15) is 0 Å². The molecule has 0 atom stereocenters. The Bertz CT molecular complexity index is 533. The van der Waals surface area contributed by atoms with Crippen molar-refractivity contribution in [2.24, 2.45) is 0 Å². The van der Waals surface area contributed by atoms with Crippen LogP contribution in [0.3, 0.4) is 0 Å². The molecule has 0 saturated heterocycles. The van der Waals surface area contributed by atoms with E-state index in [-0.39, 0.29) is 0 Å². The first-order chi connectivity index (χ1) is 9.65. The van der Waals surface area contributed by atoms with E-state index in [0.717, 1.165) is 18.5 Å². The fourth-order valence-corrected chi connectivity index (χ4v) is 2.62. The van der Waals surface area contributed by atoms with Gasteiger partial charge in [0.05, 0.1) is 0 Å². The monoisotopic (exact) mass is 265 g/mol. The van der Waals surface area contributed by atoms with Crippen LogP contribution in [0.25, 0.3) is 11.1 Å². The largest absolute Gasteiger partial charge is 0.399 e. The summed E-state index contributed by atoms with van der Waals surface area (Å²) in [5, 5.41) is 0. The molecule has 2 aromatic rings. The molecule has 0 heterocycles. The van der Waals surface area contributed by atoms with Gasteiger partial charge in [-0.15, -0.1) is 0 Å². The van der Waals surface area contributed by atoms with Gasteiger partial charge in [0.15, 0.2) is 0 Å². The van der Waals surface area contributed by atoms with Crippen LogP contribution in [0.5, 0.6) is 0 Å². The lowest BCUT2D eigenvalue weighted by Crippen LogP contribution is -1.93. The quantitative estimate of drug-likeness (QED) is 0.588. The van der Waals surface area contributed by atoms with Crippen molar-refractivity contribution >= 4 is 16.8 Å². The first-order valence-corrected chi connectivity index (χ1v) is 7.30. The molecule has 1 nitrogen and oxygen atoms in total. The van der Waals surface area contributed by atoms with E-state index in [4.69, 9.17) is 5.73 Å². The molecule has 104 valence electrons. The summed E-state index contributed by atoms with van der Waals surface area (Å²) in [4.78, 5) is 0. The van der Waals surface area contributed by atoms with Crippen LogP contribution < -0.4 is 5.73 Å². The van der Waals surface area contributed by atoms with E-state index in [1.807, 2.05) is 12.1 Å². The van der Waals surface area contributed by atoms with Gasteiger partial charge in [-0.1, -0.05) is 55.8 Å². The third-order valence-corrected chi connectivity index (χ3v) is 3.73. The standard InChI is InChI=1S/C19H23N/c1-4-18(15-8-6-14(3)7-9-15)19(5-2)16-10-12-17(20)13-11-16/h6-13H,4-5,20H2,1-3H3/b19-18+. The minimum Gasteiger partial charge on any atom is -0.399 e. The minimum absolute atomic E-state index is 0.817. The van der Waals surface area contributed by atoms with Crippen LogP contribution in [-0.4, -0.2) is 0 Å². The Morgan fingerprint density at radius 3 is 1.55 bits per heavy atom. The highest BCUT2D eigenvalue weighted by atomic mass is 14.5. The zero-order chi connectivity index (χ0) is 14.5. The van der Waals surface area contributed by atoms with Crippen LogP contribution in [0.4, 0.5) is 5.69 Å². The minimum atomic E-state index is 0.817. The molecule has 0 aliphatic rings. The first kappa shape index (κ1) is 14.4. The third-order valence-electron chi connectivity index (χ3n) is 3.73. The lowest BCUT2D eigenvalue weighted by molar-refractivity contribution is 1.18. The topological polar surface area (TPSA) is 26.0 Å². The van der Waals surface area contributed by atoms with E-state index in [2.05, 4.69) is 57.2 Å². The molecule has 0 bridgehead atoms. The van der Waals surface area contributed by atoms with Crippen LogP contribution in [0.2, 0.25) is 0 Å². The Kier molecular flexibility index (Phi) is 4.62. The van der Waals surface area contributed by atoms with Crippen molar-refractivity contribution in [3.05, 3.63) is 65.2 Å². The number of nitrogen functional groups attached to an aromatic ring is 1. The van der Waals surface area contributed by atoms with Crippen LogP contribution >= 0.6 is 0 Å².